The van der Waals surface area contributed by atoms with E-state index in [0.717, 1.165) is 25.3 Å². The van der Waals surface area contributed by atoms with Gasteiger partial charge in [-0.2, -0.15) is 0 Å². The van der Waals surface area contributed by atoms with E-state index in [0.29, 0.717) is 35.6 Å². The number of nitrogens with zero attached hydrogens (tertiary/aromatic N) is 3. The van der Waals surface area contributed by atoms with Gasteiger partial charge in [0.15, 0.2) is 5.17 Å². The minimum atomic E-state index is -0.513. The van der Waals surface area contributed by atoms with E-state index in [4.69, 9.17) is 21.3 Å². The highest BCUT2D eigenvalue weighted by Crippen LogP contribution is 2.32. The number of rotatable bonds is 7. The zero-order chi connectivity index (χ0) is 22.3. The van der Waals surface area contributed by atoms with Crippen molar-refractivity contribution in [2.75, 3.05) is 44.7 Å². The summed E-state index contributed by atoms with van der Waals surface area (Å²) < 4.78 is 5.41. The van der Waals surface area contributed by atoms with Gasteiger partial charge >= 0.3 is 0 Å². The number of anilines is 1. The normalized spacial score (nSPS) is 20.7. The molecule has 7 nitrogen and oxygen atoms in total. The molecule has 0 spiro atoms. The van der Waals surface area contributed by atoms with Crippen LogP contribution in [-0.4, -0.2) is 71.4 Å². The van der Waals surface area contributed by atoms with E-state index in [1.165, 1.54) is 11.8 Å². The molecule has 0 radical (unpaired) electrons. The molecule has 168 valence electrons. The molecule has 9 heteroatoms. The number of carbonyl (C=O) groups excluding carboxylic acids is 2. The lowest BCUT2D eigenvalue weighted by molar-refractivity contribution is -0.128. The van der Waals surface area contributed by atoms with Crippen molar-refractivity contribution in [1.82, 2.24) is 9.80 Å². The Bertz CT molecular complexity index is 982. The summed E-state index contributed by atoms with van der Waals surface area (Å²) in [7, 11) is 0. The molecule has 1 N–H and O–H groups in total. The number of halogens is 1. The Labute approximate surface area is 196 Å². The maximum Gasteiger partial charge on any atom is 0.242 e. The quantitative estimate of drug-likeness (QED) is 0.666. The van der Waals surface area contributed by atoms with Crippen molar-refractivity contribution in [3.05, 3.63) is 59.6 Å². The van der Waals surface area contributed by atoms with Crippen LogP contribution in [0.4, 0.5) is 11.4 Å². The number of thioether (sulfide) groups is 1. The Morgan fingerprint density at radius 1 is 1.12 bits per heavy atom. The summed E-state index contributed by atoms with van der Waals surface area (Å²) in [6.07, 6.45) is 0.0673. The van der Waals surface area contributed by atoms with Gasteiger partial charge in [-0.25, -0.2) is 4.99 Å². The first-order valence-corrected chi connectivity index (χ1v) is 11.8. The summed E-state index contributed by atoms with van der Waals surface area (Å²) in [6.45, 7) is 4.40. The topological polar surface area (TPSA) is 74.2 Å². The predicted octanol–water partition coefficient (Wildman–Crippen LogP) is 3.63. The van der Waals surface area contributed by atoms with Crippen molar-refractivity contribution >= 4 is 51.7 Å². The molecular weight excluding hydrogens is 448 g/mol. The summed E-state index contributed by atoms with van der Waals surface area (Å²) >= 11 is 7.34. The minimum absolute atomic E-state index is 0.0673. The molecule has 2 aromatic carbocycles. The monoisotopic (exact) mass is 472 g/mol. The third-order valence-electron chi connectivity index (χ3n) is 5.22. The first kappa shape index (κ1) is 22.8. The van der Waals surface area contributed by atoms with E-state index in [9.17, 15) is 9.59 Å². The average molecular weight is 473 g/mol. The molecule has 0 aliphatic carbocycles. The molecule has 32 heavy (non-hydrogen) atoms. The van der Waals surface area contributed by atoms with Crippen LogP contribution in [0.15, 0.2) is 59.6 Å². The molecule has 1 atom stereocenters. The Morgan fingerprint density at radius 3 is 2.66 bits per heavy atom. The third-order valence-corrected chi connectivity index (χ3v) is 6.63. The molecule has 2 aliphatic heterocycles. The molecule has 2 amide bonds. The minimum Gasteiger partial charge on any atom is -0.379 e. The number of morpholine rings is 1. The highest BCUT2D eigenvalue weighted by atomic mass is 35.5. The molecule has 0 saturated carbocycles. The number of amides is 2. The molecule has 0 bridgehead atoms. The molecule has 2 saturated heterocycles. The molecule has 0 aromatic heterocycles. The summed E-state index contributed by atoms with van der Waals surface area (Å²) in [4.78, 5) is 34.5. The van der Waals surface area contributed by atoms with Crippen molar-refractivity contribution in [2.24, 2.45) is 4.99 Å². The zero-order valence-corrected chi connectivity index (χ0v) is 19.1. The lowest BCUT2D eigenvalue weighted by Gasteiger charge is -2.28. The summed E-state index contributed by atoms with van der Waals surface area (Å²) in [5.41, 5.74) is 1.39. The second-order valence-electron chi connectivity index (χ2n) is 7.54. The van der Waals surface area contributed by atoms with Gasteiger partial charge in [-0.1, -0.05) is 47.6 Å². The van der Waals surface area contributed by atoms with E-state index >= 15 is 0 Å². The van der Waals surface area contributed by atoms with Gasteiger partial charge in [-0.15, -0.1) is 0 Å². The van der Waals surface area contributed by atoms with Gasteiger partial charge in [-0.3, -0.25) is 19.4 Å². The van der Waals surface area contributed by atoms with Crippen LogP contribution >= 0.6 is 23.4 Å². The van der Waals surface area contributed by atoms with Crippen molar-refractivity contribution in [2.45, 2.75) is 11.7 Å². The highest BCUT2D eigenvalue weighted by molar-refractivity contribution is 8.15. The van der Waals surface area contributed by atoms with Crippen LogP contribution in [0, 0.1) is 0 Å². The average Bonchev–Trinajstić information content (AvgIpc) is 3.07. The van der Waals surface area contributed by atoms with E-state index in [1.54, 1.807) is 29.2 Å². The smallest absolute Gasteiger partial charge is 0.242 e. The van der Waals surface area contributed by atoms with Crippen LogP contribution in [0.5, 0.6) is 0 Å². The number of nitrogens with one attached hydrogen (secondary N) is 1. The van der Waals surface area contributed by atoms with E-state index in [2.05, 4.69) is 10.2 Å². The predicted molar refractivity (Wildman–Crippen MR) is 129 cm³/mol. The van der Waals surface area contributed by atoms with Gasteiger partial charge in [0.25, 0.3) is 0 Å². The summed E-state index contributed by atoms with van der Waals surface area (Å²) in [5, 5.41) is 3.49. The van der Waals surface area contributed by atoms with Crippen LogP contribution < -0.4 is 5.32 Å². The van der Waals surface area contributed by atoms with Crippen molar-refractivity contribution in [3.63, 3.8) is 0 Å². The first-order chi connectivity index (χ1) is 15.6. The summed E-state index contributed by atoms with van der Waals surface area (Å²) in [6, 6.07) is 16.5. The van der Waals surface area contributed by atoms with Crippen LogP contribution in [-0.2, 0) is 14.3 Å². The number of hydrogen-bond acceptors (Lipinski definition) is 6. The number of benzene rings is 2. The largest absolute Gasteiger partial charge is 0.379 e. The SMILES string of the molecule is O=C(CC1SC(=Nc2ccccc2)N(CCN2CCOCC2)C1=O)Nc1cccc(Cl)c1. The van der Waals surface area contributed by atoms with E-state index in [1.807, 2.05) is 30.3 Å². The lowest BCUT2D eigenvalue weighted by Crippen LogP contribution is -2.43. The van der Waals surface area contributed by atoms with E-state index < -0.39 is 5.25 Å². The molecule has 2 heterocycles. The Kier molecular flexibility index (Phi) is 7.81. The zero-order valence-electron chi connectivity index (χ0n) is 17.6. The molecule has 2 aliphatic rings. The number of aliphatic imine (C=N–C) groups is 1. The molecule has 2 fully saturated rings. The van der Waals surface area contributed by atoms with E-state index in [-0.39, 0.29) is 18.2 Å². The third kappa shape index (κ3) is 6.10. The maximum atomic E-state index is 13.2. The number of ether oxygens (including phenoxy) is 1. The Morgan fingerprint density at radius 2 is 1.91 bits per heavy atom. The molecular formula is C23H25ClN4O3S. The van der Waals surface area contributed by atoms with Crippen LogP contribution in [0.3, 0.4) is 0 Å². The fourth-order valence-corrected chi connectivity index (χ4v) is 4.93. The summed E-state index contributed by atoms with van der Waals surface area (Å²) in [5.74, 6) is -0.314. The Balaban J connectivity index is 1.45. The fourth-order valence-electron chi connectivity index (χ4n) is 3.56. The van der Waals surface area contributed by atoms with Crippen LogP contribution in [0.2, 0.25) is 5.02 Å². The molecule has 1 unspecified atom stereocenters. The van der Waals surface area contributed by atoms with Crippen molar-refractivity contribution in [1.29, 1.82) is 0 Å². The van der Waals surface area contributed by atoms with Gasteiger partial charge in [0.2, 0.25) is 11.8 Å². The van der Waals surface area contributed by atoms with Crippen molar-refractivity contribution < 1.29 is 14.3 Å². The fraction of sp³-hybridized carbons (Fsp3) is 0.348. The second kappa shape index (κ2) is 11.0. The van der Waals surface area contributed by atoms with Gasteiger partial charge in [0.1, 0.15) is 5.25 Å². The number of carbonyl (C=O) groups is 2. The second-order valence-corrected chi connectivity index (χ2v) is 9.15. The van der Waals surface area contributed by atoms with Gasteiger partial charge in [0.05, 0.1) is 18.9 Å². The lowest BCUT2D eigenvalue weighted by atomic mass is 10.2. The van der Waals surface area contributed by atoms with Crippen LogP contribution in [0.1, 0.15) is 6.42 Å². The standard InChI is InChI=1S/C23H25ClN4O3S/c24-17-5-4-8-19(15-17)25-21(29)16-20-22(30)28(10-9-27-11-13-31-14-12-27)23(32-20)26-18-6-2-1-3-7-18/h1-8,15,20H,9-14,16H2,(H,25,29). The number of hydrogen-bond donors (Lipinski definition) is 1. The molecule has 2 aromatic rings. The maximum absolute atomic E-state index is 13.2. The highest BCUT2D eigenvalue weighted by Gasteiger charge is 2.39. The van der Waals surface area contributed by atoms with Gasteiger partial charge in [-0.05, 0) is 30.3 Å². The first-order valence-electron chi connectivity index (χ1n) is 10.6. The van der Waals surface area contributed by atoms with Gasteiger partial charge in [0, 0.05) is 43.3 Å². The molecule has 4 rings (SSSR count). The number of amidine groups is 1. The van der Waals surface area contributed by atoms with Crippen molar-refractivity contribution in [3.8, 4) is 0 Å². The Hall–Kier alpha value is -2.39. The van der Waals surface area contributed by atoms with Crippen LogP contribution in [0.25, 0.3) is 0 Å². The van der Waals surface area contributed by atoms with Gasteiger partial charge < -0.3 is 10.1 Å². The number of para-hydroxylation sites is 1.